The molecule has 7 heteroatoms. The highest BCUT2D eigenvalue weighted by Gasteiger charge is 2.25. The zero-order chi connectivity index (χ0) is 15.7. The fourth-order valence-electron chi connectivity index (χ4n) is 1.82. The molecule has 0 heterocycles. The molecule has 0 saturated heterocycles. The number of rotatable bonds is 8. The lowest BCUT2D eigenvalue weighted by atomic mass is 10.1. The van der Waals surface area contributed by atoms with E-state index in [1.54, 1.807) is 6.92 Å². The third-order valence-corrected chi connectivity index (χ3v) is 2.85. The normalized spacial score (nSPS) is 12.7. The van der Waals surface area contributed by atoms with Gasteiger partial charge in [0.2, 0.25) is 5.91 Å². The molecule has 2 unspecified atom stereocenters. The summed E-state index contributed by atoms with van der Waals surface area (Å²) >= 11 is 0. The Bertz CT molecular complexity index is 456. The number of methoxy groups -OCH3 is 1. The van der Waals surface area contributed by atoms with Crippen LogP contribution >= 0.6 is 12.4 Å². The Morgan fingerprint density at radius 1 is 1.27 bits per heavy atom. The average Bonchev–Trinajstić information content (AvgIpc) is 2.48. The van der Waals surface area contributed by atoms with Gasteiger partial charge in [-0.2, -0.15) is 0 Å². The van der Waals surface area contributed by atoms with Gasteiger partial charge >= 0.3 is 5.97 Å². The second-order valence-corrected chi connectivity index (χ2v) is 4.56. The van der Waals surface area contributed by atoms with Gasteiger partial charge < -0.3 is 20.5 Å². The van der Waals surface area contributed by atoms with Gasteiger partial charge in [0.1, 0.15) is 12.1 Å². The van der Waals surface area contributed by atoms with Gasteiger partial charge in [0.25, 0.3) is 0 Å². The molecule has 0 aliphatic rings. The Balaban J connectivity index is 0.00000441. The monoisotopic (exact) mass is 330 g/mol. The van der Waals surface area contributed by atoms with Crippen LogP contribution in [0, 0.1) is 0 Å². The fraction of sp³-hybridized carbons (Fsp3) is 0.467. The van der Waals surface area contributed by atoms with E-state index in [1.807, 2.05) is 30.3 Å². The molecule has 0 spiro atoms. The van der Waals surface area contributed by atoms with E-state index in [2.05, 4.69) is 5.32 Å². The van der Waals surface area contributed by atoms with Crippen LogP contribution in [0.15, 0.2) is 30.3 Å². The van der Waals surface area contributed by atoms with Gasteiger partial charge in [-0.1, -0.05) is 30.3 Å². The molecule has 6 nitrogen and oxygen atoms in total. The number of hydrogen-bond acceptors (Lipinski definition) is 5. The maximum Gasteiger partial charge on any atom is 0.328 e. The summed E-state index contributed by atoms with van der Waals surface area (Å²) in [7, 11) is 1.46. The van der Waals surface area contributed by atoms with E-state index in [-0.39, 0.29) is 25.6 Å². The quantitative estimate of drug-likeness (QED) is 0.684. The minimum Gasteiger partial charge on any atom is -0.464 e. The first-order valence-corrected chi connectivity index (χ1v) is 6.84. The summed E-state index contributed by atoms with van der Waals surface area (Å²) in [5.74, 6) is -0.912. The molecular formula is C15H23ClN2O4. The molecular weight excluding hydrogens is 308 g/mol. The minimum atomic E-state index is -0.817. The van der Waals surface area contributed by atoms with Crippen molar-refractivity contribution in [2.75, 3.05) is 20.3 Å². The average molecular weight is 331 g/mol. The Labute approximate surface area is 136 Å². The standard InChI is InChI=1S/C15H22N2O4.ClH/c1-3-21-15(19)13(9-11-7-5-4-6-8-11)17-14(18)12(16)10-20-2;/h4-8,12-13H,3,9-10,16H2,1-2H3,(H,17,18);1H. The number of carbonyl (C=O) groups excluding carboxylic acids is 2. The second-order valence-electron chi connectivity index (χ2n) is 4.56. The molecule has 0 bridgehead atoms. The van der Waals surface area contributed by atoms with Gasteiger partial charge in [0.05, 0.1) is 13.2 Å². The minimum absolute atomic E-state index is 0. The van der Waals surface area contributed by atoms with Crippen LogP contribution < -0.4 is 11.1 Å². The van der Waals surface area contributed by atoms with Gasteiger partial charge in [0.15, 0.2) is 0 Å². The first-order valence-electron chi connectivity index (χ1n) is 6.84. The summed E-state index contributed by atoms with van der Waals surface area (Å²) in [5, 5.41) is 2.62. The lowest BCUT2D eigenvalue weighted by molar-refractivity contribution is -0.147. The lowest BCUT2D eigenvalue weighted by Gasteiger charge is -2.19. The van der Waals surface area contributed by atoms with Crippen LogP contribution in [0.25, 0.3) is 0 Å². The number of esters is 1. The molecule has 0 aromatic heterocycles. The van der Waals surface area contributed by atoms with E-state index in [4.69, 9.17) is 15.2 Å². The molecule has 1 aromatic carbocycles. The van der Waals surface area contributed by atoms with Crippen LogP contribution in [-0.4, -0.2) is 44.3 Å². The van der Waals surface area contributed by atoms with Crippen molar-refractivity contribution in [1.29, 1.82) is 0 Å². The van der Waals surface area contributed by atoms with Gasteiger partial charge in [-0.3, -0.25) is 4.79 Å². The Morgan fingerprint density at radius 3 is 2.45 bits per heavy atom. The highest BCUT2D eigenvalue weighted by atomic mass is 35.5. The number of nitrogens with one attached hydrogen (secondary N) is 1. The number of halogens is 1. The molecule has 3 N–H and O–H groups in total. The fourth-order valence-corrected chi connectivity index (χ4v) is 1.82. The van der Waals surface area contributed by atoms with Gasteiger partial charge in [0, 0.05) is 13.5 Å². The molecule has 0 radical (unpaired) electrons. The lowest BCUT2D eigenvalue weighted by Crippen LogP contribution is -2.51. The van der Waals surface area contributed by atoms with Crippen LogP contribution in [-0.2, 0) is 25.5 Å². The summed E-state index contributed by atoms with van der Waals surface area (Å²) in [4.78, 5) is 23.9. The predicted octanol–water partition coefficient (Wildman–Crippen LogP) is 0.673. The van der Waals surface area contributed by atoms with Gasteiger partial charge in [-0.15, -0.1) is 12.4 Å². The summed E-state index contributed by atoms with van der Waals surface area (Å²) in [6, 6.07) is 7.81. The Hall–Kier alpha value is -1.63. The van der Waals surface area contributed by atoms with Crippen molar-refractivity contribution in [3.8, 4) is 0 Å². The van der Waals surface area contributed by atoms with Crippen molar-refractivity contribution in [2.45, 2.75) is 25.4 Å². The van der Waals surface area contributed by atoms with E-state index >= 15 is 0 Å². The van der Waals surface area contributed by atoms with E-state index < -0.39 is 24.0 Å². The van der Waals surface area contributed by atoms with Crippen LogP contribution in [0.3, 0.4) is 0 Å². The maximum absolute atomic E-state index is 12.0. The number of amides is 1. The van der Waals surface area contributed by atoms with E-state index in [1.165, 1.54) is 7.11 Å². The third-order valence-electron chi connectivity index (χ3n) is 2.85. The molecule has 124 valence electrons. The molecule has 0 aliphatic carbocycles. The van der Waals surface area contributed by atoms with E-state index in [0.717, 1.165) is 5.56 Å². The Morgan fingerprint density at radius 2 is 1.91 bits per heavy atom. The zero-order valence-corrected chi connectivity index (χ0v) is 13.6. The molecule has 0 aliphatic heterocycles. The Kier molecular flexibility index (Phi) is 10.2. The highest BCUT2D eigenvalue weighted by molar-refractivity contribution is 5.87. The smallest absolute Gasteiger partial charge is 0.328 e. The second kappa shape index (κ2) is 11.0. The van der Waals surface area contributed by atoms with Crippen LogP contribution in [0.5, 0.6) is 0 Å². The zero-order valence-electron chi connectivity index (χ0n) is 12.8. The SMILES string of the molecule is CCOC(=O)C(Cc1ccccc1)NC(=O)C(N)COC.Cl. The first-order chi connectivity index (χ1) is 10.1. The van der Waals surface area contributed by atoms with Crippen molar-refractivity contribution < 1.29 is 19.1 Å². The topological polar surface area (TPSA) is 90.7 Å². The van der Waals surface area contributed by atoms with Crippen LogP contribution in [0.1, 0.15) is 12.5 Å². The van der Waals surface area contributed by atoms with Crippen molar-refractivity contribution >= 4 is 24.3 Å². The molecule has 0 saturated carbocycles. The van der Waals surface area contributed by atoms with E-state index in [0.29, 0.717) is 6.42 Å². The van der Waals surface area contributed by atoms with Crippen LogP contribution in [0.4, 0.5) is 0 Å². The number of hydrogen-bond donors (Lipinski definition) is 2. The summed E-state index contributed by atoms with van der Waals surface area (Å²) < 4.78 is 9.82. The van der Waals surface area contributed by atoms with Crippen molar-refractivity contribution in [2.24, 2.45) is 5.73 Å². The number of carbonyl (C=O) groups is 2. The molecule has 1 amide bonds. The van der Waals surface area contributed by atoms with E-state index in [9.17, 15) is 9.59 Å². The van der Waals surface area contributed by atoms with Crippen molar-refractivity contribution in [1.82, 2.24) is 5.32 Å². The summed E-state index contributed by atoms with van der Waals surface area (Å²) in [6.07, 6.45) is 0.352. The largest absolute Gasteiger partial charge is 0.464 e. The molecule has 1 rings (SSSR count). The van der Waals surface area contributed by atoms with Crippen molar-refractivity contribution in [3.05, 3.63) is 35.9 Å². The molecule has 0 fully saturated rings. The molecule has 1 aromatic rings. The number of benzene rings is 1. The van der Waals surface area contributed by atoms with Crippen molar-refractivity contribution in [3.63, 3.8) is 0 Å². The third kappa shape index (κ3) is 6.89. The molecule has 22 heavy (non-hydrogen) atoms. The first kappa shape index (κ1) is 20.4. The van der Waals surface area contributed by atoms with Gasteiger partial charge in [-0.25, -0.2) is 4.79 Å². The summed E-state index contributed by atoms with van der Waals surface area (Å²) in [6.45, 7) is 2.06. The highest BCUT2D eigenvalue weighted by Crippen LogP contribution is 2.05. The summed E-state index contributed by atoms with van der Waals surface area (Å²) in [5.41, 5.74) is 6.58. The van der Waals surface area contributed by atoms with Gasteiger partial charge in [-0.05, 0) is 12.5 Å². The van der Waals surface area contributed by atoms with Crippen LogP contribution in [0.2, 0.25) is 0 Å². The molecule has 2 atom stereocenters. The maximum atomic E-state index is 12.0. The predicted molar refractivity (Wildman–Crippen MR) is 85.8 cm³/mol. The number of ether oxygens (including phenoxy) is 2. The number of nitrogens with two attached hydrogens (primary N) is 1.